The molecule has 0 aromatic heterocycles. The van der Waals surface area contributed by atoms with Crippen molar-refractivity contribution < 1.29 is 17.1 Å². The summed E-state index contributed by atoms with van der Waals surface area (Å²) in [5.41, 5.74) is 0.928. The molecular formula is C13H23CuN2Si2. The summed E-state index contributed by atoms with van der Waals surface area (Å²) < 4.78 is 2.33. The fourth-order valence-corrected chi connectivity index (χ4v) is 11.9. The van der Waals surface area contributed by atoms with Crippen LogP contribution in [0.25, 0.3) is 5.41 Å². The van der Waals surface area contributed by atoms with Crippen LogP contribution in [0, 0.1) is 0 Å². The molecule has 0 heterocycles. The van der Waals surface area contributed by atoms with Gasteiger partial charge in [-0.15, -0.1) is 0 Å². The molecule has 0 N–H and O–H groups in total. The van der Waals surface area contributed by atoms with Crippen LogP contribution in [0.3, 0.4) is 0 Å². The molecule has 18 heavy (non-hydrogen) atoms. The van der Waals surface area contributed by atoms with Gasteiger partial charge in [-0.2, -0.15) is 0 Å². The average molecular weight is 327 g/mol. The van der Waals surface area contributed by atoms with Gasteiger partial charge in [-0.25, -0.2) is 0 Å². The first-order valence-electron chi connectivity index (χ1n) is 6.06. The van der Waals surface area contributed by atoms with Gasteiger partial charge in [0, 0.05) is 16.5 Å². The summed E-state index contributed by atoms with van der Waals surface area (Å²) in [6, 6.07) is 9.87. The molecular weight excluding hydrogens is 304 g/mol. The zero-order valence-corrected chi connectivity index (χ0v) is 15.0. The molecule has 1 aromatic rings. The van der Waals surface area contributed by atoms with E-state index in [4.69, 9.17) is 0 Å². The molecule has 0 aliphatic heterocycles. The molecule has 104 valence electrons. The van der Waals surface area contributed by atoms with Crippen molar-refractivity contribution in [2.75, 3.05) is 0 Å². The van der Waals surface area contributed by atoms with E-state index in [9.17, 15) is 5.41 Å². The minimum absolute atomic E-state index is 0. The van der Waals surface area contributed by atoms with Crippen LogP contribution in [0.15, 0.2) is 30.3 Å². The van der Waals surface area contributed by atoms with E-state index in [2.05, 4.69) is 43.5 Å². The molecule has 5 heteroatoms. The topological polar surface area (TPSA) is 25.5 Å². The van der Waals surface area contributed by atoms with Gasteiger partial charge in [0.05, 0.1) is 0 Å². The van der Waals surface area contributed by atoms with Crippen molar-refractivity contribution in [2.24, 2.45) is 0 Å². The zero-order valence-electron chi connectivity index (χ0n) is 12.1. The van der Waals surface area contributed by atoms with E-state index in [1.165, 1.54) is 0 Å². The quantitative estimate of drug-likeness (QED) is 0.468. The van der Waals surface area contributed by atoms with Crippen LogP contribution < -0.4 is 0 Å². The number of hydrogen-bond donors (Lipinski definition) is 0. The molecule has 1 aromatic carbocycles. The average Bonchev–Trinajstić information content (AvgIpc) is 2.14. The molecule has 1 rings (SSSR count). The first kappa shape index (κ1) is 17.6. The van der Waals surface area contributed by atoms with Crippen LogP contribution in [0.4, 0.5) is 0 Å². The standard InChI is InChI=1S/C13H23N2Si2.Cu/c1-16(2,3)15(17(4,5)6)13(14)12-10-8-7-9-11-12;/h7-11H,1-6H3;/q-1;+1. The number of amidine groups is 1. The van der Waals surface area contributed by atoms with Crippen molar-refractivity contribution in [1.82, 2.24) is 4.23 Å². The van der Waals surface area contributed by atoms with Crippen molar-refractivity contribution in [3.8, 4) is 0 Å². The van der Waals surface area contributed by atoms with E-state index in [0.29, 0.717) is 5.84 Å². The van der Waals surface area contributed by atoms with Crippen LogP contribution in [-0.4, -0.2) is 26.5 Å². The third-order valence-corrected chi connectivity index (χ3v) is 9.72. The van der Waals surface area contributed by atoms with Crippen molar-refractivity contribution >= 4 is 22.3 Å². The predicted octanol–water partition coefficient (Wildman–Crippen LogP) is 3.97. The summed E-state index contributed by atoms with van der Waals surface area (Å²) >= 11 is 0. The molecule has 0 atom stereocenters. The molecule has 0 saturated carbocycles. The van der Waals surface area contributed by atoms with E-state index in [1.807, 2.05) is 30.3 Å². The summed E-state index contributed by atoms with van der Waals surface area (Å²) in [5.74, 6) is 0.462. The number of hydrogen-bond acceptors (Lipinski definition) is 0. The summed E-state index contributed by atoms with van der Waals surface area (Å²) in [5, 5.41) is 10.6. The Kier molecular flexibility index (Phi) is 6.07. The molecule has 0 radical (unpaired) electrons. The second-order valence-corrected chi connectivity index (χ2v) is 16.4. The molecule has 0 bridgehead atoms. The molecule has 0 aliphatic rings. The van der Waals surface area contributed by atoms with Crippen LogP contribution in [0.1, 0.15) is 5.56 Å². The van der Waals surface area contributed by atoms with Crippen molar-refractivity contribution in [3.63, 3.8) is 0 Å². The van der Waals surface area contributed by atoms with Crippen LogP contribution >= 0.6 is 0 Å². The first-order valence-corrected chi connectivity index (χ1v) is 12.9. The summed E-state index contributed by atoms with van der Waals surface area (Å²) in [6.07, 6.45) is 0. The van der Waals surface area contributed by atoms with E-state index < -0.39 is 16.5 Å². The Labute approximate surface area is 124 Å². The second-order valence-electron chi connectivity index (χ2n) is 6.37. The van der Waals surface area contributed by atoms with Crippen LogP contribution in [0.2, 0.25) is 39.3 Å². The Hall–Kier alpha value is -0.357. The van der Waals surface area contributed by atoms with Gasteiger partial charge in [0.15, 0.2) is 0 Å². The van der Waals surface area contributed by atoms with Gasteiger partial charge in [0.2, 0.25) is 0 Å². The maximum atomic E-state index is 10.6. The summed E-state index contributed by atoms with van der Waals surface area (Å²) in [4.78, 5) is 0. The fourth-order valence-electron chi connectivity index (χ4n) is 2.36. The van der Waals surface area contributed by atoms with Gasteiger partial charge in [-0.05, 0) is 5.56 Å². The predicted molar refractivity (Wildman–Crippen MR) is 82.4 cm³/mol. The van der Waals surface area contributed by atoms with Gasteiger partial charge < -0.3 is 9.64 Å². The maximum Gasteiger partial charge on any atom is 1.00 e. The molecule has 0 aliphatic carbocycles. The Morgan fingerprint density at radius 1 is 0.889 bits per heavy atom. The summed E-state index contributed by atoms with van der Waals surface area (Å²) in [7, 11) is -3.12. The van der Waals surface area contributed by atoms with E-state index in [-0.39, 0.29) is 17.1 Å². The molecule has 0 saturated heterocycles. The normalized spacial score (nSPS) is 11.7. The van der Waals surface area contributed by atoms with E-state index in [1.54, 1.807) is 0 Å². The third kappa shape index (κ3) is 4.39. The maximum absolute atomic E-state index is 10.6. The number of nitrogens with zero attached hydrogens (tertiary/aromatic N) is 2. The fraction of sp³-hybridized carbons (Fsp3) is 0.462. The van der Waals surface area contributed by atoms with Crippen molar-refractivity contribution in [3.05, 3.63) is 41.3 Å². The third-order valence-electron chi connectivity index (χ3n) is 2.59. The second kappa shape index (κ2) is 6.19. The van der Waals surface area contributed by atoms with Gasteiger partial charge >= 0.3 is 17.1 Å². The van der Waals surface area contributed by atoms with Gasteiger partial charge in [0.25, 0.3) is 0 Å². The zero-order chi connectivity index (χ0) is 13.3. The summed E-state index contributed by atoms with van der Waals surface area (Å²) in [6.45, 7) is 13.7. The van der Waals surface area contributed by atoms with E-state index in [0.717, 1.165) is 5.56 Å². The minimum Gasteiger partial charge on any atom is -0.477 e. The molecule has 2 nitrogen and oxygen atoms in total. The number of benzene rings is 1. The van der Waals surface area contributed by atoms with Gasteiger partial charge in [-0.3, -0.25) is 0 Å². The van der Waals surface area contributed by atoms with Gasteiger partial charge in [-0.1, -0.05) is 75.4 Å². The molecule has 0 fully saturated rings. The van der Waals surface area contributed by atoms with Gasteiger partial charge in [0.1, 0.15) is 0 Å². The largest absolute Gasteiger partial charge is 1.00 e. The molecule has 0 amide bonds. The molecule has 0 unspecified atom stereocenters. The monoisotopic (exact) mass is 326 g/mol. The molecule has 0 spiro atoms. The van der Waals surface area contributed by atoms with Crippen molar-refractivity contribution in [2.45, 2.75) is 39.3 Å². The minimum atomic E-state index is -1.56. The SMILES string of the molecule is C[Si](C)(C)N(C(=[N-])c1ccccc1)[Si](C)(C)C.[Cu+]. The Bertz CT molecular complexity index is 380. The van der Waals surface area contributed by atoms with Crippen LogP contribution in [-0.2, 0) is 17.1 Å². The number of rotatable bonds is 3. The smallest absolute Gasteiger partial charge is 0.477 e. The Morgan fingerprint density at radius 2 is 1.28 bits per heavy atom. The first-order chi connectivity index (χ1) is 7.64. The Balaban J connectivity index is 0.00000289. The van der Waals surface area contributed by atoms with E-state index >= 15 is 0 Å². The Morgan fingerprint density at radius 3 is 1.61 bits per heavy atom. The van der Waals surface area contributed by atoms with Crippen molar-refractivity contribution in [1.29, 1.82) is 0 Å². The van der Waals surface area contributed by atoms with Crippen LogP contribution in [0.5, 0.6) is 0 Å².